The zero-order valence-corrected chi connectivity index (χ0v) is 17.5. The molecule has 0 saturated heterocycles. The van der Waals surface area contributed by atoms with Crippen LogP contribution in [0.15, 0.2) is 30.5 Å². The molecule has 0 fully saturated rings. The third-order valence-electron chi connectivity index (χ3n) is 5.43. The van der Waals surface area contributed by atoms with E-state index in [4.69, 9.17) is 0 Å². The Morgan fingerprint density at radius 1 is 1.10 bits per heavy atom. The molecule has 0 saturated carbocycles. The molecule has 1 aromatic carbocycles. The van der Waals surface area contributed by atoms with Crippen molar-refractivity contribution in [1.29, 1.82) is 0 Å². The molecule has 9 heteroatoms. The third kappa shape index (κ3) is 4.03. The van der Waals surface area contributed by atoms with E-state index < -0.39 is 0 Å². The standard InChI is InChI=1S/C20H22N6O.2ClH/c27-20(18-16-12-21-9-8-17(16)24-25-18)23-14-6-4-13(5-7-14)19-22-11-15-3-1-2-10-26(15)19;;/h4-7,11,21H,1-3,8-10,12H2,(H,23,27)(H,24,25);2*1H. The van der Waals surface area contributed by atoms with Gasteiger partial charge in [-0.3, -0.25) is 9.89 Å². The van der Waals surface area contributed by atoms with Gasteiger partial charge in [0.15, 0.2) is 5.69 Å². The molecule has 7 nitrogen and oxygen atoms in total. The van der Waals surface area contributed by atoms with Gasteiger partial charge >= 0.3 is 0 Å². The van der Waals surface area contributed by atoms with Gasteiger partial charge < -0.3 is 15.2 Å². The number of benzene rings is 1. The average Bonchev–Trinajstić information content (AvgIpc) is 3.33. The van der Waals surface area contributed by atoms with E-state index in [1.54, 1.807) is 0 Å². The van der Waals surface area contributed by atoms with Crippen molar-refractivity contribution < 1.29 is 4.79 Å². The van der Waals surface area contributed by atoms with E-state index in [1.165, 1.54) is 18.5 Å². The quantitative estimate of drug-likeness (QED) is 0.589. The van der Waals surface area contributed by atoms with Gasteiger partial charge in [-0.25, -0.2) is 4.98 Å². The highest BCUT2D eigenvalue weighted by molar-refractivity contribution is 6.04. The summed E-state index contributed by atoms with van der Waals surface area (Å²) < 4.78 is 2.31. The van der Waals surface area contributed by atoms with E-state index in [2.05, 4.69) is 30.4 Å². The van der Waals surface area contributed by atoms with Crippen molar-refractivity contribution in [3.8, 4) is 11.4 Å². The molecular formula is C20H24Cl2N6O. The smallest absolute Gasteiger partial charge is 0.276 e. The van der Waals surface area contributed by atoms with Gasteiger partial charge in [0.05, 0.1) is 0 Å². The van der Waals surface area contributed by atoms with Gasteiger partial charge in [0, 0.05) is 60.5 Å². The van der Waals surface area contributed by atoms with E-state index in [9.17, 15) is 4.79 Å². The molecule has 0 unspecified atom stereocenters. The number of amides is 1. The number of halogens is 2. The lowest BCUT2D eigenvalue weighted by Gasteiger charge is -2.16. The summed E-state index contributed by atoms with van der Waals surface area (Å²) in [5.41, 5.74) is 5.64. The molecule has 2 aliphatic heterocycles. The second-order valence-electron chi connectivity index (χ2n) is 7.17. The van der Waals surface area contributed by atoms with Crippen molar-refractivity contribution in [3.63, 3.8) is 0 Å². The fourth-order valence-corrected chi connectivity index (χ4v) is 3.97. The van der Waals surface area contributed by atoms with Crippen molar-refractivity contribution in [2.45, 2.75) is 38.8 Å². The number of aromatic nitrogens is 4. The van der Waals surface area contributed by atoms with Crippen molar-refractivity contribution in [2.24, 2.45) is 0 Å². The Morgan fingerprint density at radius 2 is 1.93 bits per heavy atom. The normalized spacial score (nSPS) is 14.8. The summed E-state index contributed by atoms with van der Waals surface area (Å²) in [6, 6.07) is 7.88. The van der Waals surface area contributed by atoms with Crippen LogP contribution in [0.5, 0.6) is 0 Å². The molecule has 4 heterocycles. The van der Waals surface area contributed by atoms with Crippen molar-refractivity contribution in [2.75, 3.05) is 11.9 Å². The molecule has 5 rings (SSSR count). The van der Waals surface area contributed by atoms with E-state index in [1.807, 2.05) is 30.5 Å². The maximum atomic E-state index is 12.6. The number of hydrogen-bond donors (Lipinski definition) is 3. The van der Waals surface area contributed by atoms with E-state index >= 15 is 0 Å². The topological polar surface area (TPSA) is 87.6 Å². The minimum absolute atomic E-state index is 0. The lowest BCUT2D eigenvalue weighted by molar-refractivity contribution is 0.102. The summed E-state index contributed by atoms with van der Waals surface area (Å²) in [7, 11) is 0. The van der Waals surface area contributed by atoms with Crippen LogP contribution < -0.4 is 10.6 Å². The number of nitrogens with one attached hydrogen (secondary N) is 3. The predicted octanol–water partition coefficient (Wildman–Crippen LogP) is 3.35. The van der Waals surface area contributed by atoms with E-state index in [-0.39, 0.29) is 30.7 Å². The second kappa shape index (κ2) is 8.98. The van der Waals surface area contributed by atoms with Crippen LogP contribution in [0.4, 0.5) is 5.69 Å². The first-order valence-electron chi connectivity index (χ1n) is 9.52. The lowest BCUT2D eigenvalue weighted by atomic mass is 10.1. The number of rotatable bonds is 3. The molecule has 0 aliphatic carbocycles. The van der Waals surface area contributed by atoms with Crippen LogP contribution in [0.2, 0.25) is 0 Å². The van der Waals surface area contributed by atoms with Gasteiger partial charge in [-0.1, -0.05) is 0 Å². The van der Waals surface area contributed by atoms with E-state index in [0.29, 0.717) is 12.2 Å². The number of hydrogen-bond acceptors (Lipinski definition) is 4. The molecule has 3 aromatic rings. The fraction of sp³-hybridized carbons (Fsp3) is 0.350. The van der Waals surface area contributed by atoms with Gasteiger partial charge in [0.2, 0.25) is 0 Å². The number of aryl methyl sites for hydroxylation is 1. The first kappa shape index (κ1) is 21.4. The lowest BCUT2D eigenvalue weighted by Crippen LogP contribution is -2.25. The summed E-state index contributed by atoms with van der Waals surface area (Å²) in [6.45, 7) is 2.62. The van der Waals surface area contributed by atoms with E-state index in [0.717, 1.165) is 54.3 Å². The number of nitrogens with zero attached hydrogens (tertiary/aromatic N) is 3. The number of carbonyl (C=O) groups is 1. The summed E-state index contributed by atoms with van der Waals surface area (Å²) in [5, 5.41) is 13.4. The van der Waals surface area contributed by atoms with Crippen LogP contribution in [0.3, 0.4) is 0 Å². The number of fused-ring (bicyclic) bond motifs is 2. The highest BCUT2D eigenvalue weighted by atomic mass is 35.5. The molecule has 0 radical (unpaired) electrons. The van der Waals surface area contributed by atoms with Gasteiger partial charge in [-0.05, 0) is 43.5 Å². The third-order valence-corrected chi connectivity index (χ3v) is 5.43. The summed E-state index contributed by atoms with van der Waals surface area (Å²) in [4.78, 5) is 17.2. The Morgan fingerprint density at radius 3 is 2.76 bits per heavy atom. The molecule has 0 atom stereocenters. The predicted molar refractivity (Wildman–Crippen MR) is 117 cm³/mol. The summed E-state index contributed by atoms with van der Waals surface area (Å²) in [5.74, 6) is 0.831. The van der Waals surface area contributed by atoms with Crippen LogP contribution in [0, 0.1) is 0 Å². The molecule has 2 aliphatic rings. The van der Waals surface area contributed by atoms with Crippen LogP contribution >= 0.6 is 24.8 Å². The largest absolute Gasteiger partial charge is 0.328 e. The molecule has 154 valence electrons. The Balaban J connectivity index is 0.00000120. The molecular weight excluding hydrogens is 411 g/mol. The minimum Gasteiger partial charge on any atom is -0.328 e. The molecule has 1 amide bonds. The van der Waals surface area contributed by atoms with Crippen LogP contribution in [0.25, 0.3) is 11.4 Å². The Hall–Kier alpha value is -2.35. The van der Waals surface area contributed by atoms with Crippen LogP contribution in [0.1, 0.15) is 40.3 Å². The average molecular weight is 435 g/mol. The monoisotopic (exact) mass is 434 g/mol. The SMILES string of the molecule is Cl.Cl.O=C(Nc1ccc(-c2ncc3n2CCCC3)cc1)c1n[nH]c2c1CNCC2. The van der Waals surface area contributed by atoms with Gasteiger partial charge in [0.25, 0.3) is 5.91 Å². The van der Waals surface area contributed by atoms with Crippen molar-refractivity contribution >= 4 is 36.4 Å². The Labute approximate surface area is 181 Å². The highest BCUT2D eigenvalue weighted by Gasteiger charge is 2.21. The van der Waals surface area contributed by atoms with Crippen LogP contribution in [-0.2, 0) is 25.9 Å². The maximum absolute atomic E-state index is 12.6. The molecule has 2 aromatic heterocycles. The van der Waals surface area contributed by atoms with Gasteiger partial charge in [-0.15, -0.1) is 24.8 Å². The van der Waals surface area contributed by atoms with Gasteiger partial charge in [-0.2, -0.15) is 5.10 Å². The minimum atomic E-state index is -0.179. The number of carbonyl (C=O) groups excluding carboxylic acids is 1. The van der Waals surface area contributed by atoms with Crippen LogP contribution in [-0.4, -0.2) is 32.2 Å². The summed E-state index contributed by atoms with van der Waals surface area (Å²) in [6.07, 6.45) is 6.40. The van der Waals surface area contributed by atoms with Crippen molar-refractivity contribution in [1.82, 2.24) is 25.1 Å². The maximum Gasteiger partial charge on any atom is 0.276 e. The Kier molecular flexibility index (Phi) is 6.62. The number of anilines is 1. The molecule has 29 heavy (non-hydrogen) atoms. The Bertz CT molecular complexity index is 995. The molecule has 0 spiro atoms. The molecule has 0 bridgehead atoms. The highest BCUT2D eigenvalue weighted by Crippen LogP contribution is 2.26. The summed E-state index contributed by atoms with van der Waals surface area (Å²) >= 11 is 0. The van der Waals surface area contributed by atoms with Crippen molar-refractivity contribution in [3.05, 3.63) is 53.1 Å². The number of aromatic amines is 1. The zero-order chi connectivity index (χ0) is 18.2. The number of imidazole rings is 1. The fourth-order valence-electron chi connectivity index (χ4n) is 3.97. The first-order valence-corrected chi connectivity index (χ1v) is 9.52. The second-order valence-corrected chi connectivity index (χ2v) is 7.17. The molecule has 3 N–H and O–H groups in total. The van der Waals surface area contributed by atoms with Gasteiger partial charge in [0.1, 0.15) is 5.82 Å². The zero-order valence-electron chi connectivity index (χ0n) is 15.9. The first-order chi connectivity index (χ1) is 13.3. The number of H-pyrrole nitrogens is 1.